The van der Waals surface area contributed by atoms with Crippen LogP contribution in [0.1, 0.15) is 30.4 Å². The molecule has 0 radical (unpaired) electrons. The Balaban J connectivity index is 1.92. The number of hydrogen-bond acceptors (Lipinski definition) is 3. The van der Waals surface area contributed by atoms with Crippen molar-refractivity contribution in [3.8, 4) is 0 Å². The lowest BCUT2D eigenvalue weighted by Gasteiger charge is -2.08. The molecule has 0 amide bonds. The topological polar surface area (TPSA) is 42.5 Å². The molecule has 23 heavy (non-hydrogen) atoms. The number of alkyl halides is 1. The molecule has 122 valence electrons. The van der Waals surface area contributed by atoms with Crippen molar-refractivity contribution in [3.63, 3.8) is 0 Å². The largest absolute Gasteiger partial charge is 0.467 e. The Morgan fingerprint density at radius 3 is 2.96 bits per heavy atom. The third-order valence-corrected chi connectivity index (χ3v) is 4.09. The molecule has 0 saturated carbocycles. The first-order valence-electron chi connectivity index (χ1n) is 7.62. The van der Waals surface area contributed by atoms with Crippen LogP contribution in [-0.4, -0.2) is 15.8 Å². The molecule has 0 aromatic carbocycles. The van der Waals surface area contributed by atoms with E-state index in [0.717, 1.165) is 28.2 Å². The molecule has 0 aliphatic rings. The molecule has 3 aromatic rings. The maximum atomic E-state index is 13.1. The van der Waals surface area contributed by atoms with Gasteiger partial charge >= 0.3 is 0 Å². The second-order valence-electron chi connectivity index (χ2n) is 5.69. The van der Waals surface area contributed by atoms with Crippen molar-refractivity contribution in [2.75, 3.05) is 5.32 Å². The number of halogens is 2. The van der Waals surface area contributed by atoms with Crippen LogP contribution < -0.4 is 5.32 Å². The minimum Gasteiger partial charge on any atom is -0.467 e. The highest BCUT2D eigenvalue weighted by Gasteiger charge is 2.13. The predicted octanol–water partition coefficient (Wildman–Crippen LogP) is 4.79. The normalized spacial score (nSPS) is 12.7. The maximum absolute atomic E-state index is 13.1. The van der Waals surface area contributed by atoms with Crippen LogP contribution in [0.2, 0.25) is 5.15 Å². The second-order valence-corrected chi connectivity index (χ2v) is 6.07. The van der Waals surface area contributed by atoms with Crippen LogP contribution >= 0.6 is 11.6 Å². The fourth-order valence-electron chi connectivity index (χ4n) is 2.63. The Morgan fingerprint density at radius 1 is 1.43 bits per heavy atom. The van der Waals surface area contributed by atoms with Crippen molar-refractivity contribution in [1.29, 1.82) is 0 Å². The van der Waals surface area contributed by atoms with E-state index in [1.54, 1.807) is 19.3 Å². The van der Waals surface area contributed by atoms with Crippen molar-refractivity contribution in [3.05, 3.63) is 52.7 Å². The van der Waals surface area contributed by atoms with Gasteiger partial charge in [0.05, 0.1) is 30.2 Å². The number of rotatable bonds is 6. The molecule has 1 unspecified atom stereocenters. The van der Waals surface area contributed by atoms with Crippen molar-refractivity contribution >= 4 is 22.8 Å². The molecule has 0 saturated heterocycles. The molecule has 4 nitrogen and oxygen atoms in total. The molecule has 0 spiro atoms. The number of hydrogen-bond donors (Lipinski definition) is 1. The fourth-order valence-corrected chi connectivity index (χ4v) is 2.81. The predicted molar refractivity (Wildman–Crippen MR) is 89.9 cm³/mol. The quantitative estimate of drug-likeness (QED) is 0.704. The summed E-state index contributed by atoms with van der Waals surface area (Å²) in [5.41, 5.74) is 3.89. The smallest absolute Gasteiger partial charge is 0.152 e. The van der Waals surface area contributed by atoms with Gasteiger partial charge in [0.2, 0.25) is 0 Å². The number of furan rings is 1. The molecular weight excluding hydrogens is 317 g/mol. The molecular formula is C17H19ClFN3O. The summed E-state index contributed by atoms with van der Waals surface area (Å²) in [5, 5.41) is 8.08. The van der Waals surface area contributed by atoms with E-state index >= 15 is 0 Å². The Kier molecular flexibility index (Phi) is 4.57. The minimum absolute atomic E-state index is 0.406. The SMILES string of the molecule is Cc1c(CCC(C)F)cc2c(NCc3ccco3)cc(Cl)nn12. The van der Waals surface area contributed by atoms with E-state index in [2.05, 4.69) is 10.4 Å². The molecule has 3 rings (SSSR count). The van der Waals surface area contributed by atoms with Gasteiger partial charge in [0.1, 0.15) is 5.76 Å². The average molecular weight is 336 g/mol. The van der Waals surface area contributed by atoms with E-state index < -0.39 is 6.17 Å². The molecule has 1 N–H and O–H groups in total. The summed E-state index contributed by atoms with van der Waals surface area (Å²) in [5.74, 6) is 0.839. The van der Waals surface area contributed by atoms with Crippen LogP contribution in [0.3, 0.4) is 0 Å². The van der Waals surface area contributed by atoms with Gasteiger partial charge in [-0.2, -0.15) is 5.10 Å². The Bertz CT molecular complexity index is 796. The molecule has 6 heteroatoms. The van der Waals surface area contributed by atoms with Gasteiger partial charge < -0.3 is 9.73 Å². The first-order valence-corrected chi connectivity index (χ1v) is 8.00. The molecule has 3 aromatic heterocycles. The highest BCUT2D eigenvalue weighted by atomic mass is 35.5. The van der Waals surface area contributed by atoms with Crippen molar-refractivity contribution < 1.29 is 8.81 Å². The molecule has 0 bridgehead atoms. The summed E-state index contributed by atoms with van der Waals surface area (Å²) < 4.78 is 20.3. The van der Waals surface area contributed by atoms with Gasteiger partial charge in [-0.1, -0.05) is 11.6 Å². The number of nitrogens with one attached hydrogen (secondary N) is 1. The number of fused-ring (bicyclic) bond motifs is 1. The first kappa shape index (κ1) is 15.9. The summed E-state index contributed by atoms with van der Waals surface area (Å²) in [6, 6.07) is 7.60. The number of nitrogens with zero attached hydrogens (tertiary/aromatic N) is 2. The van der Waals surface area contributed by atoms with Crippen LogP contribution in [0.25, 0.3) is 5.52 Å². The third-order valence-electron chi connectivity index (χ3n) is 3.90. The lowest BCUT2D eigenvalue weighted by Crippen LogP contribution is -2.03. The fraction of sp³-hybridized carbons (Fsp3) is 0.353. The molecule has 0 aliphatic carbocycles. The summed E-state index contributed by atoms with van der Waals surface area (Å²) in [6.07, 6.45) is 2.01. The monoisotopic (exact) mass is 335 g/mol. The Labute approximate surface area is 139 Å². The zero-order valence-electron chi connectivity index (χ0n) is 13.1. The first-order chi connectivity index (χ1) is 11.0. The van der Waals surface area contributed by atoms with Gasteiger partial charge in [0, 0.05) is 11.8 Å². The third kappa shape index (κ3) is 3.50. The number of aryl methyl sites for hydroxylation is 2. The molecule has 0 fully saturated rings. The average Bonchev–Trinajstić information content (AvgIpc) is 3.12. The zero-order valence-corrected chi connectivity index (χ0v) is 13.9. The van der Waals surface area contributed by atoms with E-state index in [9.17, 15) is 4.39 Å². The van der Waals surface area contributed by atoms with E-state index in [1.807, 2.05) is 29.6 Å². The minimum atomic E-state index is -0.814. The maximum Gasteiger partial charge on any atom is 0.152 e. The van der Waals surface area contributed by atoms with E-state index in [4.69, 9.17) is 16.0 Å². The van der Waals surface area contributed by atoms with Crippen LogP contribution in [0.5, 0.6) is 0 Å². The lowest BCUT2D eigenvalue weighted by molar-refractivity contribution is 0.341. The van der Waals surface area contributed by atoms with Crippen LogP contribution in [0.15, 0.2) is 34.9 Å². The van der Waals surface area contributed by atoms with Crippen LogP contribution in [0.4, 0.5) is 10.1 Å². The van der Waals surface area contributed by atoms with Gasteiger partial charge in [-0.25, -0.2) is 8.91 Å². The highest BCUT2D eigenvalue weighted by Crippen LogP contribution is 2.26. The summed E-state index contributed by atoms with van der Waals surface area (Å²) in [6.45, 7) is 4.12. The Hall–Kier alpha value is -2.01. The Morgan fingerprint density at radius 2 is 2.26 bits per heavy atom. The zero-order chi connectivity index (χ0) is 16.4. The van der Waals surface area contributed by atoms with Crippen molar-refractivity contribution in [1.82, 2.24) is 9.61 Å². The lowest BCUT2D eigenvalue weighted by atomic mass is 10.1. The molecule has 3 heterocycles. The summed E-state index contributed by atoms with van der Waals surface area (Å²) in [7, 11) is 0. The van der Waals surface area contributed by atoms with E-state index in [-0.39, 0.29) is 0 Å². The van der Waals surface area contributed by atoms with Crippen LogP contribution in [-0.2, 0) is 13.0 Å². The van der Waals surface area contributed by atoms with Gasteiger partial charge in [-0.3, -0.25) is 0 Å². The van der Waals surface area contributed by atoms with Crippen LogP contribution in [0, 0.1) is 6.92 Å². The van der Waals surface area contributed by atoms with Gasteiger partial charge in [-0.05, 0) is 50.5 Å². The van der Waals surface area contributed by atoms with E-state index in [0.29, 0.717) is 24.5 Å². The van der Waals surface area contributed by atoms with Gasteiger partial charge in [-0.15, -0.1) is 0 Å². The van der Waals surface area contributed by atoms with Gasteiger partial charge in [0.15, 0.2) is 5.15 Å². The highest BCUT2D eigenvalue weighted by molar-refractivity contribution is 6.29. The summed E-state index contributed by atoms with van der Waals surface area (Å²) in [4.78, 5) is 0. The molecule has 0 aliphatic heterocycles. The number of aromatic nitrogens is 2. The van der Waals surface area contributed by atoms with E-state index in [1.165, 1.54) is 0 Å². The molecule has 1 atom stereocenters. The van der Waals surface area contributed by atoms with Crippen molar-refractivity contribution in [2.24, 2.45) is 0 Å². The summed E-state index contributed by atoms with van der Waals surface area (Å²) >= 11 is 6.14. The standard InChI is InChI=1S/C17H19ClFN3O/c1-11(19)5-6-13-8-16-15(20-10-14-4-3-7-23-14)9-17(18)21-22(16)12(13)2/h3-4,7-9,11,20H,5-6,10H2,1-2H3. The second kappa shape index (κ2) is 6.62. The number of anilines is 1. The van der Waals surface area contributed by atoms with Gasteiger partial charge in [0.25, 0.3) is 0 Å². The van der Waals surface area contributed by atoms with Crippen molar-refractivity contribution in [2.45, 2.75) is 39.4 Å².